The summed E-state index contributed by atoms with van der Waals surface area (Å²) in [6, 6.07) is 12.4. The van der Waals surface area contributed by atoms with Crippen molar-refractivity contribution in [3.05, 3.63) is 59.4 Å². The largest absolute Gasteiger partial charge is 0.497 e. The van der Waals surface area contributed by atoms with Gasteiger partial charge in [0.1, 0.15) is 11.6 Å². The first-order valence-corrected chi connectivity index (χ1v) is 11.3. The Morgan fingerprint density at radius 3 is 2.52 bits per heavy atom. The minimum atomic E-state index is -0.936. The van der Waals surface area contributed by atoms with Crippen molar-refractivity contribution >= 4 is 38.6 Å². The Bertz CT molecular complexity index is 1290. The number of imidazole rings is 1. The number of ether oxygens (including phenoxy) is 2. The lowest BCUT2D eigenvalue weighted by molar-refractivity contribution is -0.124. The van der Waals surface area contributed by atoms with E-state index in [2.05, 4.69) is 20.3 Å². The number of carbonyl (C=O) groups excluding carboxylic acids is 2. The highest BCUT2D eigenvalue weighted by Gasteiger charge is 2.23. The molecule has 33 heavy (non-hydrogen) atoms. The molecule has 0 saturated heterocycles. The first-order chi connectivity index (χ1) is 15.9. The van der Waals surface area contributed by atoms with Crippen LogP contribution in [-0.4, -0.2) is 40.0 Å². The summed E-state index contributed by atoms with van der Waals surface area (Å²) in [6.45, 7) is 5.67. The maximum atomic E-state index is 12.7. The summed E-state index contributed by atoms with van der Waals surface area (Å²) in [5.41, 5.74) is 3.90. The van der Waals surface area contributed by atoms with Crippen LogP contribution in [0.2, 0.25) is 0 Å². The van der Waals surface area contributed by atoms with E-state index in [1.54, 1.807) is 38.3 Å². The van der Waals surface area contributed by atoms with Crippen molar-refractivity contribution < 1.29 is 19.1 Å². The molecule has 0 saturated carbocycles. The topological polar surface area (TPSA) is 106 Å². The summed E-state index contributed by atoms with van der Waals surface area (Å²) in [5.74, 6) is 0.469. The first kappa shape index (κ1) is 22.5. The summed E-state index contributed by atoms with van der Waals surface area (Å²) >= 11 is 1.33. The molecule has 4 rings (SSSR count). The van der Waals surface area contributed by atoms with Crippen LogP contribution in [0.1, 0.15) is 35.1 Å². The smallest absolute Gasteiger partial charge is 0.338 e. The maximum absolute atomic E-state index is 12.7. The molecule has 0 fully saturated rings. The molecular formula is C24H24N4O4S. The predicted molar refractivity (Wildman–Crippen MR) is 128 cm³/mol. The van der Waals surface area contributed by atoms with Gasteiger partial charge in [0.25, 0.3) is 5.91 Å². The molecule has 1 amide bonds. The minimum Gasteiger partial charge on any atom is -0.497 e. The SMILES string of the molecule is CCC(OC(=O)c1ccc(-c2nc(C)c(C)[nH]2)cc1)C(=O)Nc1nc2ccc(OC)cc2s1. The molecule has 0 radical (unpaired) electrons. The number of amides is 1. The van der Waals surface area contributed by atoms with Crippen molar-refractivity contribution in [2.75, 3.05) is 12.4 Å². The Kier molecular flexibility index (Phi) is 6.41. The third kappa shape index (κ3) is 4.88. The van der Waals surface area contributed by atoms with Gasteiger partial charge in [-0.05, 0) is 50.6 Å². The van der Waals surface area contributed by atoms with E-state index in [-0.39, 0.29) is 0 Å². The number of thiazole rings is 1. The van der Waals surface area contributed by atoms with Crippen molar-refractivity contribution in [1.82, 2.24) is 15.0 Å². The Morgan fingerprint density at radius 1 is 1.12 bits per heavy atom. The number of carbonyl (C=O) groups is 2. The van der Waals surface area contributed by atoms with Crippen molar-refractivity contribution in [1.29, 1.82) is 0 Å². The third-order valence-electron chi connectivity index (χ3n) is 5.26. The second kappa shape index (κ2) is 9.41. The highest BCUT2D eigenvalue weighted by Crippen LogP contribution is 2.29. The van der Waals surface area contributed by atoms with Gasteiger partial charge in [-0.1, -0.05) is 30.4 Å². The highest BCUT2D eigenvalue weighted by atomic mass is 32.1. The normalized spacial score (nSPS) is 11.9. The fourth-order valence-corrected chi connectivity index (χ4v) is 4.14. The summed E-state index contributed by atoms with van der Waals surface area (Å²) in [7, 11) is 1.59. The van der Waals surface area contributed by atoms with Crippen LogP contribution in [-0.2, 0) is 9.53 Å². The number of hydrogen-bond donors (Lipinski definition) is 2. The van der Waals surface area contributed by atoms with Gasteiger partial charge < -0.3 is 14.5 Å². The molecule has 2 aromatic heterocycles. The van der Waals surface area contributed by atoms with Gasteiger partial charge in [-0.3, -0.25) is 10.1 Å². The van der Waals surface area contributed by atoms with Gasteiger partial charge in [0.05, 0.1) is 28.6 Å². The molecule has 0 bridgehead atoms. The number of nitrogens with one attached hydrogen (secondary N) is 2. The van der Waals surface area contributed by atoms with E-state index in [9.17, 15) is 9.59 Å². The lowest BCUT2D eigenvalue weighted by atomic mass is 10.1. The second-order valence-electron chi connectivity index (χ2n) is 7.52. The number of aryl methyl sites for hydroxylation is 2. The van der Waals surface area contributed by atoms with Crippen LogP contribution in [0.5, 0.6) is 5.75 Å². The number of fused-ring (bicyclic) bond motifs is 1. The van der Waals surface area contributed by atoms with Crippen LogP contribution in [0, 0.1) is 13.8 Å². The first-order valence-electron chi connectivity index (χ1n) is 10.5. The number of benzene rings is 2. The predicted octanol–water partition coefficient (Wildman–Crippen LogP) is 4.89. The summed E-state index contributed by atoms with van der Waals surface area (Å²) in [5, 5.41) is 3.19. The van der Waals surface area contributed by atoms with Gasteiger partial charge in [-0.2, -0.15) is 0 Å². The lowest BCUT2D eigenvalue weighted by Crippen LogP contribution is -2.32. The van der Waals surface area contributed by atoms with E-state index in [0.717, 1.165) is 33.0 Å². The Hall–Kier alpha value is -3.72. The number of H-pyrrole nitrogens is 1. The standard InChI is InChI=1S/C24H24N4O4S/c1-5-19(22(29)28-24-27-18-11-10-17(31-4)12-20(18)33-24)32-23(30)16-8-6-15(7-9-16)21-25-13(2)14(3)26-21/h6-12,19H,5H2,1-4H3,(H,25,26)(H,27,28,29). The maximum Gasteiger partial charge on any atom is 0.338 e. The number of nitrogens with zero attached hydrogens (tertiary/aromatic N) is 2. The van der Waals surface area contributed by atoms with Crippen LogP contribution in [0.25, 0.3) is 21.6 Å². The fourth-order valence-electron chi connectivity index (χ4n) is 3.24. The zero-order chi connectivity index (χ0) is 23.5. The van der Waals surface area contributed by atoms with E-state index in [4.69, 9.17) is 9.47 Å². The number of methoxy groups -OCH3 is 1. The molecule has 8 nitrogen and oxygen atoms in total. The minimum absolute atomic E-state index is 0.333. The molecule has 2 heterocycles. The molecule has 1 atom stereocenters. The van der Waals surface area contributed by atoms with E-state index < -0.39 is 18.0 Å². The Morgan fingerprint density at radius 2 is 1.88 bits per heavy atom. The van der Waals surface area contributed by atoms with Gasteiger partial charge in [0, 0.05) is 11.3 Å². The van der Waals surface area contributed by atoms with Gasteiger partial charge in [-0.25, -0.2) is 14.8 Å². The summed E-state index contributed by atoms with van der Waals surface area (Å²) in [4.78, 5) is 37.5. The fraction of sp³-hybridized carbons (Fsp3) is 0.250. The zero-order valence-electron chi connectivity index (χ0n) is 18.8. The molecule has 4 aromatic rings. The molecule has 170 valence electrons. The molecule has 0 aliphatic heterocycles. The summed E-state index contributed by atoms with van der Waals surface area (Å²) in [6.07, 6.45) is -0.603. The number of hydrogen-bond acceptors (Lipinski definition) is 7. The van der Waals surface area contributed by atoms with Crippen LogP contribution in [0.15, 0.2) is 42.5 Å². The molecule has 2 N–H and O–H groups in total. The Labute approximate surface area is 195 Å². The third-order valence-corrected chi connectivity index (χ3v) is 6.19. The van der Waals surface area contributed by atoms with Crippen LogP contribution in [0.4, 0.5) is 5.13 Å². The van der Waals surface area contributed by atoms with E-state index >= 15 is 0 Å². The van der Waals surface area contributed by atoms with Gasteiger partial charge in [0.2, 0.25) is 0 Å². The molecule has 0 aliphatic carbocycles. The molecule has 1 unspecified atom stereocenters. The van der Waals surface area contributed by atoms with Crippen LogP contribution < -0.4 is 10.1 Å². The number of esters is 1. The second-order valence-corrected chi connectivity index (χ2v) is 8.55. The number of aromatic nitrogens is 3. The average molecular weight is 465 g/mol. The van der Waals surface area contributed by atoms with Gasteiger partial charge in [0.15, 0.2) is 11.2 Å². The van der Waals surface area contributed by atoms with E-state index in [0.29, 0.717) is 22.9 Å². The number of rotatable bonds is 7. The van der Waals surface area contributed by atoms with Crippen molar-refractivity contribution in [2.24, 2.45) is 0 Å². The molecule has 9 heteroatoms. The van der Waals surface area contributed by atoms with Crippen molar-refractivity contribution in [2.45, 2.75) is 33.3 Å². The Balaban J connectivity index is 1.42. The summed E-state index contributed by atoms with van der Waals surface area (Å²) < 4.78 is 11.6. The van der Waals surface area contributed by atoms with Crippen LogP contribution >= 0.6 is 11.3 Å². The number of aromatic amines is 1. The van der Waals surface area contributed by atoms with E-state index in [1.165, 1.54) is 11.3 Å². The quantitative estimate of drug-likeness (QED) is 0.377. The molecule has 2 aromatic carbocycles. The van der Waals surface area contributed by atoms with Gasteiger partial charge >= 0.3 is 5.97 Å². The number of anilines is 1. The molecule has 0 spiro atoms. The van der Waals surface area contributed by atoms with Crippen molar-refractivity contribution in [3.8, 4) is 17.1 Å². The lowest BCUT2D eigenvalue weighted by Gasteiger charge is -2.15. The zero-order valence-corrected chi connectivity index (χ0v) is 19.6. The average Bonchev–Trinajstić information content (AvgIpc) is 3.38. The van der Waals surface area contributed by atoms with Gasteiger partial charge in [-0.15, -0.1) is 0 Å². The van der Waals surface area contributed by atoms with E-state index in [1.807, 2.05) is 32.0 Å². The highest BCUT2D eigenvalue weighted by molar-refractivity contribution is 7.22. The molecular weight excluding hydrogens is 440 g/mol. The molecule has 0 aliphatic rings. The van der Waals surface area contributed by atoms with Crippen LogP contribution in [0.3, 0.4) is 0 Å². The monoisotopic (exact) mass is 464 g/mol. The van der Waals surface area contributed by atoms with Crippen molar-refractivity contribution in [3.63, 3.8) is 0 Å².